The van der Waals surface area contributed by atoms with Gasteiger partial charge in [0.05, 0.1) is 7.85 Å². The van der Waals surface area contributed by atoms with Gasteiger partial charge in [0.1, 0.15) is 11.3 Å². The van der Waals surface area contributed by atoms with Crippen LogP contribution >= 0.6 is 0 Å². The summed E-state index contributed by atoms with van der Waals surface area (Å²) in [6.07, 6.45) is 4.39. The van der Waals surface area contributed by atoms with Crippen LogP contribution in [0.1, 0.15) is 60.8 Å². The molecule has 1 atom stereocenters. The molecule has 4 nitrogen and oxygen atoms in total. The number of hydrogen-bond acceptors (Lipinski definition) is 4. The molecule has 0 fully saturated rings. The summed E-state index contributed by atoms with van der Waals surface area (Å²) in [5, 5.41) is 9.16. The number of aliphatic hydroxyl groups is 1. The van der Waals surface area contributed by atoms with Gasteiger partial charge in [-0.25, -0.2) is 0 Å². The van der Waals surface area contributed by atoms with Crippen molar-refractivity contribution < 1.29 is 14.7 Å². The number of rotatable bonds is 7. The average Bonchev–Trinajstić information content (AvgIpc) is 2.50. The highest BCUT2D eigenvalue weighted by atomic mass is 16.3. The van der Waals surface area contributed by atoms with Crippen molar-refractivity contribution in [1.82, 2.24) is 0 Å². The molecule has 0 aromatic carbocycles. The lowest BCUT2D eigenvalue weighted by atomic mass is 9.56. The average molecular weight is 355 g/mol. The molecule has 0 heterocycles. The van der Waals surface area contributed by atoms with Crippen LogP contribution in [0.2, 0.25) is 5.31 Å². The van der Waals surface area contributed by atoms with Crippen LogP contribution in [0, 0.1) is 5.92 Å². The minimum Gasteiger partial charge on any atom is -0.507 e. The van der Waals surface area contributed by atoms with Gasteiger partial charge >= 0.3 is 0 Å². The van der Waals surface area contributed by atoms with Crippen molar-refractivity contribution >= 4 is 19.4 Å². The maximum Gasteiger partial charge on any atom is 0.173 e. The van der Waals surface area contributed by atoms with Crippen LogP contribution in [0.15, 0.2) is 45.9 Å². The molecule has 26 heavy (non-hydrogen) atoms. The number of aliphatic hydroxyl groups excluding tert-OH is 1. The van der Waals surface area contributed by atoms with E-state index in [2.05, 4.69) is 0 Å². The molecular weight excluding hydrogens is 325 g/mol. The molecule has 1 aliphatic rings. The van der Waals surface area contributed by atoms with E-state index in [4.69, 9.17) is 13.6 Å². The predicted molar refractivity (Wildman–Crippen MR) is 107 cm³/mol. The Morgan fingerprint density at radius 1 is 1.19 bits per heavy atom. The summed E-state index contributed by atoms with van der Waals surface area (Å²) in [5.41, 5.74) is 8.56. The first-order valence-corrected chi connectivity index (χ1v) is 8.98. The Kier molecular flexibility index (Phi) is 7.25. The van der Waals surface area contributed by atoms with Crippen molar-refractivity contribution in [2.45, 2.75) is 66.1 Å². The van der Waals surface area contributed by atoms with Gasteiger partial charge < -0.3 is 10.8 Å². The maximum absolute atomic E-state index is 13.1. The van der Waals surface area contributed by atoms with Gasteiger partial charge in [-0.1, -0.05) is 37.1 Å². The van der Waals surface area contributed by atoms with E-state index in [-0.39, 0.29) is 35.8 Å². The van der Waals surface area contributed by atoms with Gasteiger partial charge in [-0.2, -0.15) is 0 Å². The zero-order valence-corrected chi connectivity index (χ0v) is 16.8. The van der Waals surface area contributed by atoms with E-state index in [9.17, 15) is 14.7 Å². The molecule has 1 rings (SSSR count). The highest BCUT2D eigenvalue weighted by molar-refractivity contribution is 6.40. The van der Waals surface area contributed by atoms with Crippen molar-refractivity contribution in [2.75, 3.05) is 0 Å². The van der Waals surface area contributed by atoms with Gasteiger partial charge in [0, 0.05) is 23.0 Å². The highest BCUT2D eigenvalue weighted by Gasteiger charge is 2.45. The number of hydrogen-bond donors (Lipinski definition) is 2. The monoisotopic (exact) mass is 355 g/mol. The molecule has 0 amide bonds. The standard InChI is InChI=1S/C21H30BNO3/c1-12(2)7-8-15-18(25)17(16(24)11-14(5)6)20(26)21(22,19(15)23)10-9-13(3)4/h7,9,14,25H,8,10-11,23H2,1-6H3. The fraction of sp³-hybridized carbons (Fsp3) is 0.524. The molecule has 0 aromatic heterocycles. The first-order chi connectivity index (χ1) is 11.9. The number of nitrogens with two attached hydrogens (primary N) is 1. The molecule has 5 heteroatoms. The van der Waals surface area contributed by atoms with Crippen molar-refractivity contribution in [2.24, 2.45) is 11.7 Å². The van der Waals surface area contributed by atoms with E-state index in [1.165, 1.54) is 0 Å². The molecule has 140 valence electrons. The zero-order chi connectivity index (χ0) is 20.2. The zero-order valence-electron chi connectivity index (χ0n) is 16.8. The van der Waals surface area contributed by atoms with E-state index >= 15 is 0 Å². The highest BCUT2D eigenvalue weighted by Crippen LogP contribution is 2.46. The first-order valence-electron chi connectivity index (χ1n) is 8.98. The Balaban J connectivity index is 3.57. The third-order valence-electron chi connectivity index (χ3n) is 4.38. The molecule has 1 unspecified atom stereocenters. The normalized spacial score (nSPS) is 20.5. The van der Waals surface area contributed by atoms with Crippen LogP contribution in [0.4, 0.5) is 0 Å². The Hall–Kier alpha value is -2.04. The Bertz CT molecular complexity index is 718. The second-order valence-corrected chi connectivity index (χ2v) is 7.91. The molecule has 2 radical (unpaired) electrons. The molecule has 0 aliphatic heterocycles. The summed E-state index contributed by atoms with van der Waals surface area (Å²) in [6, 6.07) is 0. The lowest BCUT2D eigenvalue weighted by Gasteiger charge is -2.35. The van der Waals surface area contributed by atoms with E-state index in [1.54, 1.807) is 0 Å². The minimum atomic E-state index is -1.52. The summed E-state index contributed by atoms with van der Waals surface area (Å²) in [5.74, 6) is -1.26. The van der Waals surface area contributed by atoms with E-state index in [0.29, 0.717) is 12.0 Å². The Morgan fingerprint density at radius 3 is 2.19 bits per heavy atom. The fourth-order valence-electron chi connectivity index (χ4n) is 2.81. The molecule has 0 aromatic rings. The van der Waals surface area contributed by atoms with Crippen molar-refractivity contribution in [3.05, 3.63) is 45.9 Å². The van der Waals surface area contributed by atoms with Crippen LogP contribution in [0.3, 0.4) is 0 Å². The molecule has 0 saturated carbocycles. The molecule has 1 aliphatic carbocycles. The van der Waals surface area contributed by atoms with Crippen LogP contribution < -0.4 is 5.73 Å². The summed E-state index contributed by atoms with van der Waals surface area (Å²) in [4.78, 5) is 25.7. The van der Waals surface area contributed by atoms with E-state index < -0.39 is 16.9 Å². The second-order valence-electron chi connectivity index (χ2n) is 7.91. The summed E-state index contributed by atoms with van der Waals surface area (Å²) in [6.45, 7) is 11.4. The first kappa shape index (κ1) is 22.0. The van der Waals surface area contributed by atoms with Gasteiger partial charge in [0.2, 0.25) is 0 Å². The SMILES string of the molecule is [B]C1(CC=C(C)C)C(=O)C(C(=O)CC(C)C)=C(O)C(CC=C(C)C)=C1N. The minimum absolute atomic E-state index is 0.0602. The summed E-state index contributed by atoms with van der Waals surface area (Å²) in [7, 11) is 6.42. The number of ketones is 2. The Morgan fingerprint density at radius 2 is 1.73 bits per heavy atom. The molecule has 0 bridgehead atoms. The van der Waals surface area contributed by atoms with Gasteiger partial charge in [-0.15, -0.1) is 0 Å². The lowest BCUT2D eigenvalue weighted by Crippen LogP contribution is -2.39. The molecule has 0 saturated heterocycles. The van der Waals surface area contributed by atoms with Gasteiger partial charge in [0.25, 0.3) is 0 Å². The maximum atomic E-state index is 13.1. The number of carbonyl (C=O) groups excluding carboxylic acids is 2. The van der Waals surface area contributed by atoms with Crippen molar-refractivity contribution in [1.29, 1.82) is 0 Å². The largest absolute Gasteiger partial charge is 0.507 e. The number of carbonyl (C=O) groups is 2. The topological polar surface area (TPSA) is 80.4 Å². The van der Waals surface area contributed by atoms with Crippen molar-refractivity contribution in [3.8, 4) is 0 Å². The third kappa shape index (κ3) is 4.77. The number of Topliss-reactive ketones (excluding diaryl/α,β-unsaturated/α-hetero) is 2. The quantitative estimate of drug-likeness (QED) is 0.406. The molecule has 3 N–H and O–H groups in total. The van der Waals surface area contributed by atoms with E-state index in [0.717, 1.165) is 11.1 Å². The molecular formula is C21H30BNO3. The summed E-state index contributed by atoms with van der Waals surface area (Å²) >= 11 is 0. The Labute approximate surface area is 158 Å². The van der Waals surface area contributed by atoms with E-state index in [1.807, 2.05) is 53.7 Å². The van der Waals surface area contributed by atoms with Gasteiger partial charge in [0.15, 0.2) is 11.6 Å². The van der Waals surface area contributed by atoms with Gasteiger partial charge in [-0.3, -0.25) is 9.59 Å². The lowest BCUT2D eigenvalue weighted by molar-refractivity contribution is -0.123. The molecule has 0 spiro atoms. The van der Waals surface area contributed by atoms with Crippen molar-refractivity contribution in [3.63, 3.8) is 0 Å². The smallest absolute Gasteiger partial charge is 0.173 e. The van der Waals surface area contributed by atoms with Crippen LogP contribution in [-0.2, 0) is 9.59 Å². The fourth-order valence-corrected chi connectivity index (χ4v) is 2.81. The van der Waals surface area contributed by atoms with Crippen LogP contribution in [0.5, 0.6) is 0 Å². The third-order valence-corrected chi connectivity index (χ3v) is 4.38. The predicted octanol–water partition coefficient (Wildman–Crippen LogP) is 4.25. The van der Waals surface area contributed by atoms with Gasteiger partial charge in [-0.05, 0) is 46.5 Å². The summed E-state index contributed by atoms with van der Waals surface area (Å²) < 4.78 is 0. The van der Waals surface area contributed by atoms with Crippen LogP contribution in [-0.4, -0.2) is 24.5 Å². The van der Waals surface area contributed by atoms with Crippen LogP contribution in [0.25, 0.3) is 0 Å². The number of allylic oxidation sites excluding steroid dienone is 7. The second kappa shape index (κ2) is 8.57.